The Morgan fingerprint density at radius 3 is 2.81 bits per heavy atom. The van der Waals surface area contributed by atoms with Gasteiger partial charge in [-0.1, -0.05) is 0 Å². The Morgan fingerprint density at radius 1 is 1.25 bits per heavy atom. The first-order chi connectivity index (χ1) is 7.83. The first-order valence-electron chi connectivity index (χ1n) is 5.66. The Kier molecular flexibility index (Phi) is 2.98. The molecular formula is C11H15N3S2. The van der Waals surface area contributed by atoms with Crippen molar-refractivity contribution in [2.45, 2.75) is 24.0 Å². The second-order valence-corrected chi connectivity index (χ2v) is 6.74. The van der Waals surface area contributed by atoms with E-state index in [1.54, 1.807) is 0 Å². The normalized spacial score (nSPS) is 25.6. The number of rotatable bonds is 2. The van der Waals surface area contributed by atoms with Gasteiger partial charge in [0.1, 0.15) is 11.6 Å². The molecule has 3 rings (SSSR count). The second kappa shape index (κ2) is 4.45. The molecule has 16 heavy (non-hydrogen) atoms. The number of nitrogens with two attached hydrogens (primary N) is 1. The molecule has 1 aliphatic heterocycles. The van der Waals surface area contributed by atoms with E-state index in [0.29, 0.717) is 17.0 Å². The number of hydrogen-bond donors (Lipinski definition) is 1. The van der Waals surface area contributed by atoms with E-state index in [-0.39, 0.29) is 0 Å². The minimum Gasteiger partial charge on any atom is -0.384 e. The molecular weight excluding hydrogens is 238 g/mol. The summed E-state index contributed by atoms with van der Waals surface area (Å²) in [6.45, 7) is 0. The Hall–Kier alpha value is -0.420. The molecule has 86 valence electrons. The summed E-state index contributed by atoms with van der Waals surface area (Å²) in [5.74, 6) is 5.83. The van der Waals surface area contributed by atoms with Crippen LogP contribution in [0.2, 0.25) is 0 Å². The quantitative estimate of drug-likeness (QED) is 0.877. The van der Waals surface area contributed by atoms with Crippen molar-refractivity contribution in [2.24, 2.45) is 0 Å². The Bertz CT molecular complexity index is 387. The summed E-state index contributed by atoms with van der Waals surface area (Å²) < 4.78 is 0. The van der Waals surface area contributed by atoms with Gasteiger partial charge in [0.2, 0.25) is 0 Å². The first kappa shape index (κ1) is 10.7. The molecule has 2 heterocycles. The number of hydrogen-bond acceptors (Lipinski definition) is 5. The zero-order valence-corrected chi connectivity index (χ0v) is 10.7. The molecule has 1 saturated carbocycles. The van der Waals surface area contributed by atoms with E-state index in [2.05, 4.69) is 4.98 Å². The van der Waals surface area contributed by atoms with E-state index in [0.717, 1.165) is 11.6 Å². The number of aromatic nitrogens is 2. The van der Waals surface area contributed by atoms with Crippen LogP contribution in [0.4, 0.5) is 5.82 Å². The molecule has 0 radical (unpaired) electrons. The number of nitrogens with zero attached hydrogens (tertiary/aromatic N) is 2. The third-order valence-corrected chi connectivity index (χ3v) is 5.63. The summed E-state index contributed by atoms with van der Waals surface area (Å²) in [6, 6.07) is 1.95. The average molecular weight is 253 g/mol. The van der Waals surface area contributed by atoms with Gasteiger partial charge in [0.25, 0.3) is 0 Å². The average Bonchev–Trinajstić information content (AvgIpc) is 3.13. The van der Waals surface area contributed by atoms with Crippen molar-refractivity contribution in [3.05, 3.63) is 17.6 Å². The lowest BCUT2D eigenvalue weighted by Gasteiger charge is -2.20. The third-order valence-electron chi connectivity index (χ3n) is 2.88. The van der Waals surface area contributed by atoms with Gasteiger partial charge < -0.3 is 5.73 Å². The van der Waals surface area contributed by atoms with Gasteiger partial charge >= 0.3 is 0 Å². The van der Waals surface area contributed by atoms with Crippen LogP contribution in [0.1, 0.15) is 35.5 Å². The number of thioether (sulfide) groups is 2. The van der Waals surface area contributed by atoms with Gasteiger partial charge in [-0.3, -0.25) is 0 Å². The van der Waals surface area contributed by atoms with E-state index < -0.39 is 0 Å². The van der Waals surface area contributed by atoms with Crippen molar-refractivity contribution in [2.75, 3.05) is 23.0 Å². The summed E-state index contributed by atoms with van der Waals surface area (Å²) in [5.41, 5.74) is 7.03. The lowest BCUT2D eigenvalue weighted by atomic mass is 10.2. The van der Waals surface area contributed by atoms with Crippen molar-refractivity contribution < 1.29 is 0 Å². The van der Waals surface area contributed by atoms with Crippen LogP contribution >= 0.6 is 23.5 Å². The fourth-order valence-corrected chi connectivity index (χ4v) is 4.47. The van der Waals surface area contributed by atoms with Gasteiger partial charge in [0.15, 0.2) is 0 Å². The van der Waals surface area contributed by atoms with Crippen LogP contribution in [0, 0.1) is 0 Å². The van der Waals surface area contributed by atoms with Crippen LogP contribution in [0.3, 0.4) is 0 Å². The Labute approximate surface area is 104 Å². The third kappa shape index (κ3) is 2.30. The maximum Gasteiger partial charge on any atom is 0.144 e. The molecule has 0 aromatic carbocycles. The van der Waals surface area contributed by atoms with Gasteiger partial charge in [-0.25, -0.2) is 9.97 Å². The van der Waals surface area contributed by atoms with E-state index in [9.17, 15) is 0 Å². The monoisotopic (exact) mass is 253 g/mol. The van der Waals surface area contributed by atoms with Crippen molar-refractivity contribution in [1.82, 2.24) is 9.97 Å². The molecule has 5 heteroatoms. The fraction of sp³-hybridized carbons (Fsp3) is 0.636. The molecule has 1 atom stereocenters. The highest BCUT2D eigenvalue weighted by Crippen LogP contribution is 2.41. The maximum absolute atomic E-state index is 5.86. The standard InChI is InChI=1S/C11H15N3S2/c12-10-5-8(7-1-2-7)13-11(14-10)9-6-15-3-4-16-9/h5,7,9H,1-4,6H2,(H2,12,13,14). The molecule has 0 bridgehead atoms. The topological polar surface area (TPSA) is 51.8 Å². The van der Waals surface area contributed by atoms with Crippen LogP contribution in [-0.4, -0.2) is 27.2 Å². The van der Waals surface area contributed by atoms with Gasteiger partial charge in [0.05, 0.1) is 5.25 Å². The Morgan fingerprint density at radius 2 is 2.12 bits per heavy atom. The predicted octanol–water partition coefficient (Wildman–Crippen LogP) is 2.46. The van der Waals surface area contributed by atoms with Crippen molar-refractivity contribution in [1.29, 1.82) is 0 Å². The number of anilines is 1. The van der Waals surface area contributed by atoms with E-state index in [1.165, 1.54) is 30.0 Å². The Balaban J connectivity index is 1.86. The zero-order chi connectivity index (χ0) is 11.0. The van der Waals surface area contributed by atoms with Crippen LogP contribution in [0.15, 0.2) is 6.07 Å². The molecule has 3 nitrogen and oxygen atoms in total. The van der Waals surface area contributed by atoms with E-state index in [4.69, 9.17) is 10.7 Å². The van der Waals surface area contributed by atoms with Crippen LogP contribution < -0.4 is 5.73 Å². The molecule has 1 aromatic heterocycles. The van der Waals surface area contributed by atoms with Crippen molar-refractivity contribution >= 4 is 29.3 Å². The van der Waals surface area contributed by atoms with Gasteiger partial charge in [-0.05, 0) is 12.8 Å². The van der Waals surface area contributed by atoms with Gasteiger partial charge in [0, 0.05) is 34.9 Å². The fourth-order valence-electron chi connectivity index (χ4n) is 1.87. The SMILES string of the molecule is Nc1cc(C2CC2)nc(C2CSCCS2)n1. The lowest BCUT2D eigenvalue weighted by Crippen LogP contribution is -2.12. The van der Waals surface area contributed by atoms with E-state index in [1.807, 2.05) is 29.6 Å². The van der Waals surface area contributed by atoms with Crippen LogP contribution in [0.25, 0.3) is 0 Å². The molecule has 2 N–H and O–H groups in total. The van der Waals surface area contributed by atoms with Crippen molar-refractivity contribution in [3.8, 4) is 0 Å². The zero-order valence-electron chi connectivity index (χ0n) is 9.06. The molecule has 1 saturated heterocycles. The highest BCUT2D eigenvalue weighted by Gasteiger charge is 2.27. The molecule has 2 aliphatic rings. The highest BCUT2D eigenvalue weighted by molar-refractivity contribution is 8.06. The lowest BCUT2D eigenvalue weighted by molar-refractivity contribution is 0.877. The predicted molar refractivity (Wildman–Crippen MR) is 70.9 cm³/mol. The molecule has 0 spiro atoms. The minimum absolute atomic E-state index is 0.444. The summed E-state index contributed by atoms with van der Waals surface area (Å²) >= 11 is 3.96. The summed E-state index contributed by atoms with van der Waals surface area (Å²) in [7, 11) is 0. The van der Waals surface area contributed by atoms with Gasteiger partial charge in [-0.15, -0.1) is 11.8 Å². The molecule has 2 fully saturated rings. The largest absolute Gasteiger partial charge is 0.384 e. The molecule has 1 aliphatic carbocycles. The smallest absolute Gasteiger partial charge is 0.144 e. The van der Waals surface area contributed by atoms with Gasteiger partial charge in [-0.2, -0.15) is 11.8 Å². The van der Waals surface area contributed by atoms with Crippen LogP contribution in [0.5, 0.6) is 0 Å². The second-order valence-electron chi connectivity index (χ2n) is 4.28. The summed E-state index contributed by atoms with van der Waals surface area (Å²) in [6.07, 6.45) is 2.53. The maximum atomic E-state index is 5.86. The molecule has 1 unspecified atom stereocenters. The molecule has 1 aromatic rings. The minimum atomic E-state index is 0.444. The number of nitrogen functional groups attached to an aromatic ring is 1. The van der Waals surface area contributed by atoms with Crippen molar-refractivity contribution in [3.63, 3.8) is 0 Å². The summed E-state index contributed by atoms with van der Waals surface area (Å²) in [4.78, 5) is 9.09. The molecule has 0 amide bonds. The van der Waals surface area contributed by atoms with Crippen LogP contribution in [-0.2, 0) is 0 Å². The summed E-state index contributed by atoms with van der Waals surface area (Å²) in [5, 5.41) is 0.444. The first-order valence-corrected chi connectivity index (χ1v) is 7.87. The highest BCUT2D eigenvalue weighted by atomic mass is 32.2. The van der Waals surface area contributed by atoms with E-state index >= 15 is 0 Å².